The van der Waals surface area contributed by atoms with E-state index in [4.69, 9.17) is 0 Å². The Hall–Kier alpha value is -1.23. The Morgan fingerprint density at radius 3 is 3.04 bits per heavy atom. The van der Waals surface area contributed by atoms with Crippen LogP contribution in [0.3, 0.4) is 0 Å². The van der Waals surface area contributed by atoms with Gasteiger partial charge in [-0.2, -0.15) is 5.10 Å². The van der Waals surface area contributed by atoms with Crippen molar-refractivity contribution in [2.24, 2.45) is 4.99 Å². The third kappa shape index (κ3) is 5.13. The van der Waals surface area contributed by atoms with Crippen LogP contribution in [0, 0.1) is 6.92 Å². The summed E-state index contributed by atoms with van der Waals surface area (Å²) >= 11 is 1.79. The van der Waals surface area contributed by atoms with E-state index in [2.05, 4.69) is 37.6 Å². The Morgan fingerprint density at radius 2 is 2.32 bits per heavy atom. The number of aliphatic imine (C=N–C) groups is 1. The van der Waals surface area contributed by atoms with Gasteiger partial charge in [-0.25, -0.2) is 14.6 Å². The van der Waals surface area contributed by atoms with Crippen LogP contribution in [0.25, 0.3) is 0 Å². The standard InChI is InChI=1S/C16H25N7S.HI/c1-4-12-10-19-14(24-12)7-8-18-16(17-3)21-13-6-5-9-23-15(13)20-11(2)22-23;/h10,13H,4-9H2,1-3H3,(H2,17,18,21);1H. The summed E-state index contributed by atoms with van der Waals surface area (Å²) in [6, 6.07) is 0.165. The molecular weight excluding hydrogens is 449 g/mol. The van der Waals surface area contributed by atoms with Crippen LogP contribution in [-0.2, 0) is 19.4 Å². The van der Waals surface area contributed by atoms with Gasteiger partial charge in [0, 0.05) is 37.6 Å². The third-order valence-electron chi connectivity index (χ3n) is 4.10. The van der Waals surface area contributed by atoms with E-state index in [0.29, 0.717) is 0 Å². The summed E-state index contributed by atoms with van der Waals surface area (Å²) in [5.41, 5.74) is 0. The lowest BCUT2D eigenvalue weighted by atomic mass is 10.1. The van der Waals surface area contributed by atoms with Crippen molar-refractivity contribution in [3.8, 4) is 0 Å². The number of nitrogens with one attached hydrogen (secondary N) is 2. The highest BCUT2D eigenvalue weighted by Crippen LogP contribution is 2.22. The van der Waals surface area contributed by atoms with Crippen molar-refractivity contribution in [3.63, 3.8) is 0 Å². The van der Waals surface area contributed by atoms with Gasteiger partial charge in [0.2, 0.25) is 0 Å². The van der Waals surface area contributed by atoms with Gasteiger partial charge < -0.3 is 10.6 Å². The van der Waals surface area contributed by atoms with E-state index in [1.807, 2.05) is 17.8 Å². The molecule has 0 fully saturated rings. The molecule has 1 aliphatic rings. The maximum absolute atomic E-state index is 4.56. The molecule has 0 bridgehead atoms. The number of fused-ring (bicyclic) bond motifs is 1. The first-order valence-electron chi connectivity index (χ1n) is 8.51. The van der Waals surface area contributed by atoms with Gasteiger partial charge in [-0.05, 0) is 26.2 Å². The van der Waals surface area contributed by atoms with Crippen LogP contribution in [0.4, 0.5) is 0 Å². The quantitative estimate of drug-likeness (QED) is 0.395. The van der Waals surface area contributed by atoms with Crippen molar-refractivity contribution in [2.45, 2.75) is 52.1 Å². The van der Waals surface area contributed by atoms with Crippen LogP contribution in [0.5, 0.6) is 0 Å². The largest absolute Gasteiger partial charge is 0.356 e. The number of halogens is 1. The molecule has 3 heterocycles. The molecule has 2 aromatic rings. The van der Waals surface area contributed by atoms with E-state index in [1.54, 1.807) is 18.4 Å². The molecule has 25 heavy (non-hydrogen) atoms. The van der Waals surface area contributed by atoms with Crippen LogP contribution in [0.2, 0.25) is 0 Å². The van der Waals surface area contributed by atoms with Crippen LogP contribution in [0.1, 0.15) is 47.3 Å². The fraction of sp³-hybridized carbons (Fsp3) is 0.625. The molecule has 0 saturated heterocycles. The summed E-state index contributed by atoms with van der Waals surface area (Å²) < 4.78 is 2.01. The lowest BCUT2D eigenvalue weighted by Gasteiger charge is -2.24. The smallest absolute Gasteiger partial charge is 0.191 e. The number of hydrogen-bond donors (Lipinski definition) is 2. The zero-order valence-electron chi connectivity index (χ0n) is 14.9. The highest BCUT2D eigenvalue weighted by atomic mass is 127. The normalized spacial score (nSPS) is 16.9. The van der Waals surface area contributed by atoms with Crippen molar-refractivity contribution in [1.29, 1.82) is 0 Å². The Bertz CT molecular complexity index is 709. The molecule has 0 amide bonds. The predicted molar refractivity (Wildman–Crippen MR) is 112 cm³/mol. The maximum Gasteiger partial charge on any atom is 0.191 e. The summed E-state index contributed by atoms with van der Waals surface area (Å²) in [6.07, 6.45) is 6.08. The van der Waals surface area contributed by atoms with Crippen LogP contribution in [0.15, 0.2) is 11.2 Å². The Kier molecular flexibility index (Phi) is 7.60. The van der Waals surface area contributed by atoms with E-state index in [-0.39, 0.29) is 30.0 Å². The fourth-order valence-corrected chi connectivity index (χ4v) is 3.74. The molecule has 1 unspecified atom stereocenters. The monoisotopic (exact) mass is 475 g/mol. The number of nitrogens with zero attached hydrogens (tertiary/aromatic N) is 5. The minimum absolute atomic E-state index is 0. The molecule has 1 aliphatic heterocycles. The Labute approximate surface area is 169 Å². The maximum atomic E-state index is 4.56. The average molecular weight is 475 g/mol. The summed E-state index contributed by atoms with van der Waals surface area (Å²) in [6.45, 7) is 5.86. The molecule has 0 aromatic carbocycles. The lowest BCUT2D eigenvalue weighted by molar-refractivity contribution is 0.398. The lowest BCUT2D eigenvalue weighted by Crippen LogP contribution is -2.42. The molecule has 2 aromatic heterocycles. The van der Waals surface area contributed by atoms with Gasteiger partial charge in [0.15, 0.2) is 5.96 Å². The van der Waals surface area contributed by atoms with Crippen molar-refractivity contribution in [2.75, 3.05) is 13.6 Å². The van der Waals surface area contributed by atoms with Crippen LogP contribution >= 0.6 is 35.3 Å². The van der Waals surface area contributed by atoms with E-state index in [1.165, 1.54) is 9.88 Å². The van der Waals surface area contributed by atoms with E-state index >= 15 is 0 Å². The fourth-order valence-electron chi connectivity index (χ4n) is 2.88. The average Bonchev–Trinajstić information content (AvgIpc) is 3.19. The predicted octanol–water partition coefficient (Wildman–Crippen LogP) is 2.47. The summed E-state index contributed by atoms with van der Waals surface area (Å²) in [7, 11) is 1.80. The second-order valence-corrected chi connectivity index (χ2v) is 7.10. The minimum Gasteiger partial charge on any atom is -0.356 e. The van der Waals surface area contributed by atoms with E-state index in [0.717, 1.165) is 56.4 Å². The van der Waals surface area contributed by atoms with Crippen LogP contribution in [-0.4, -0.2) is 39.3 Å². The molecule has 0 radical (unpaired) electrons. The van der Waals surface area contributed by atoms with Crippen molar-refractivity contribution < 1.29 is 0 Å². The Morgan fingerprint density at radius 1 is 1.48 bits per heavy atom. The molecule has 0 spiro atoms. The minimum atomic E-state index is 0. The SMILES string of the molecule is CCc1cnc(CCNC(=NC)NC2CCCn3nc(C)nc32)s1.I. The van der Waals surface area contributed by atoms with Gasteiger partial charge >= 0.3 is 0 Å². The second kappa shape index (κ2) is 9.46. The highest BCUT2D eigenvalue weighted by molar-refractivity contribution is 14.0. The zero-order valence-corrected chi connectivity index (χ0v) is 18.1. The van der Waals surface area contributed by atoms with Crippen LogP contribution < -0.4 is 10.6 Å². The second-order valence-electron chi connectivity index (χ2n) is 5.90. The molecular formula is C16H26IN7S. The number of aromatic nitrogens is 4. The van der Waals surface area contributed by atoms with E-state index in [9.17, 15) is 0 Å². The topological polar surface area (TPSA) is 80.0 Å². The summed E-state index contributed by atoms with van der Waals surface area (Å²) in [4.78, 5) is 14.7. The van der Waals surface area contributed by atoms with Gasteiger partial charge in [-0.1, -0.05) is 6.92 Å². The third-order valence-corrected chi connectivity index (χ3v) is 5.30. The van der Waals surface area contributed by atoms with Crippen molar-refractivity contribution >= 4 is 41.3 Å². The molecule has 3 rings (SSSR count). The number of thiazole rings is 1. The summed E-state index contributed by atoms with van der Waals surface area (Å²) in [5.74, 6) is 2.65. The molecule has 138 valence electrons. The molecule has 1 atom stereocenters. The molecule has 0 saturated carbocycles. The first kappa shape index (κ1) is 20.1. The molecule has 0 aliphatic carbocycles. The molecule has 9 heteroatoms. The van der Waals surface area contributed by atoms with Crippen molar-refractivity contribution in [3.05, 3.63) is 27.7 Å². The number of hydrogen-bond acceptors (Lipinski definition) is 5. The summed E-state index contributed by atoms with van der Waals surface area (Å²) in [5, 5.41) is 12.5. The molecule has 2 N–H and O–H groups in total. The number of rotatable bonds is 5. The number of guanidine groups is 1. The van der Waals surface area contributed by atoms with Gasteiger partial charge in [0.25, 0.3) is 0 Å². The number of aryl methyl sites for hydroxylation is 3. The zero-order chi connectivity index (χ0) is 16.9. The van der Waals surface area contributed by atoms with E-state index < -0.39 is 0 Å². The van der Waals surface area contributed by atoms with Gasteiger partial charge in [-0.3, -0.25) is 4.99 Å². The van der Waals surface area contributed by atoms with Gasteiger partial charge in [0.05, 0.1) is 11.0 Å². The van der Waals surface area contributed by atoms with Gasteiger partial charge in [0.1, 0.15) is 11.6 Å². The highest BCUT2D eigenvalue weighted by Gasteiger charge is 2.24. The first-order valence-corrected chi connectivity index (χ1v) is 9.33. The molecule has 7 nitrogen and oxygen atoms in total. The van der Waals surface area contributed by atoms with Crippen molar-refractivity contribution in [1.82, 2.24) is 30.4 Å². The first-order chi connectivity index (χ1) is 11.7. The Balaban J connectivity index is 0.00000225. The van der Waals surface area contributed by atoms with Gasteiger partial charge in [-0.15, -0.1) is 35.3 Å².